The molecule has 1 heterocycles. The van der Waals surface area contributed by atoms with Crippen LogP contribution < -0.4 is 4.74 Å². The molecule has 0 N–H and O–H groups in total. The van der Waals surface area contributed by atoms with Crippen LogP contribution in [0.4, 0.5) is 0 Å². The van der Waals surface area contributed by atoms with E-state index < -0.39 is 0 Å². The van der Waals surface area contributed by atoms with Crippen LogP contribution in [-0.2, 0) is 6.42 Å². The summed E-state index contributed by atoms with van der Waals surface area (Å²) in [6.45, 7) is 2.11. The summed E-state index contributed by atoms with van der Waals surface area (Å²) in [6.07, 6.45) is 1.07. The lowest BCUT2D eigenvalue weighted by atomic mass is 10.0. The summed E-state index contributed by atoms with van der Waals surface area (Å²) in [6, 6.07) is 14.2. The molecule has 1 atom stereocenters. The van der Waals surface area contributed by atoms with Crippen molar-refractivity contribution in [2.75, 3.05) is 0 Å². The molecule has 0 aromatic heterocycles. The van der Waals surface area contributed by atoms with Gasteiger partial charge in [0, 0.05) is 11.4 Å². The molecule has 3 rings (SSSR count). The Balaban J connectivity index is 1.88. The molecule has 0 saturated heterocycles. The van der Waals surface area contributed by atoms with Gasteiger partial charge in [0.25, 0.3) is 0 Å². The Hall–Kier alpha value is -1.47. The zero-order chi connectivity index (χ0) is 11.8. The summed E-state index contributed by atoms with van der Waals surface area (Å²) in [4.78, 5) is 0. The number of benzene rings is 2. The van der Waals surface area contributed by atoms with Crippen molar-refractivity contribution in [1.29, 1.82) is 0 Å². The highest BCUT2D eigenvalue weighted by atomic mass is 35.5. The maximum absolute atomic E-state index is 5.94. The molecule has 0 radical (unpaired) electrons. The Morgan fingerprint density at radius 1 is 1.12 bits per heavy atom. The van der Waals surface area contributed by atoms with Crippen molar-refractivity contribution in [2.45, 2.75) is 19.4 Å². The zero-order valence-corrected chi connectivity index (χ0v) is 10.4. The summed E-state index contributed by atoms with van der Waals surface area (Å²) in [5.41, 5.74) is 3.76. The van der Waals surface area contributed by atoms with Gasteiger partial charge in [-0.25, -0.2) is 0 Å². The van der Waals surface area contributed by atoms with Gasteiger partial charge in [-0.15, -0.1) is 0 Å². The van der Waals surface area contributed by atoms with Gasteiger partial charge >= 0.3 is 0 Å². The third-order valence-electron chi connectivity index (χ3n) is 3.13. The van der Waals surface area contributed by atoms with Crippen LogP contribution in [0.1, 0.15) is 22.8 Å². The van der Waals surface area contributed by atoms with Gasteiger partial charge in [-0.2, -0.15) is 0 Å². The molecule has 0 spiro atoms. The average Bonchev–Trinajstić information content (AvgIpc) is 2.72. The van der Waals surface area contributed by atoms with Gasteiger partial charge in [0.15, 0.2) is 0 Å². The van der Waals surface area contributed by atoms with Crippen LogP contribution in [0, 0.1) is 6.92 Å². The van der Waals surface area contributed by atoms with Gasteiger partial charge in [-0.1, -0.05) is 41.4 Å². The molecule has 2 heteroatoms. The second-order valence-corrected chi connectivity index (χ2v) is 4.91. The van der Waals surface area contributed by atoms with E-state index in [0.717, 1.165) is 17.2 Å². The van der Waals surface area contributed by atoms with Crippen molar-refractivity contribution in [3.8, 4) is 5.75 Å². The summed E-state index contributed by atoms with van der Waals surface area (Å²) in [5.74, 6) is 1.01. The van der Waals surface area contributed by atoms with Crippen molar-refractivity contribution in [3.63, 3.8) is 0 Å². The fourth-order valence-electron chi connectivity index (χ4n) is 2.24. The van der Waals surface area contributed by atoms with Gasteiger partial charge < -0.3 is 4.74 Å². The minimum Gasteiger partial charge on any atom is -0.485 e. The third-order valence-corrected chi connectivity index (χ3v) is 3.38. The largest absolute Gasteiger partial charge is 0.485 e. The molecular formula is C15H13ClO. The van der Waals surface area contributed by atoms with E-state index in [1.165, 1.54) is 16.7 Å². The first-order valence-corrected chi connectivity index (χ1v) is 6.12. The van der Waals surface area contributed by atoms with Gasteiger partial charge in [0.1, 0.15) is 11.9 Å². The maximum Gasteiger partial charge on any atom is 0.128 e. The second-order valence-electron chi connectivity index (χ2n) is 4.47. The quantitative estimate of drug-likeness (QED) is 0.726. The van der Waals surface area contributed by atoms with Crippen LogP contribution in [0.25, 0.3) is 0 Å². The molecule has 1 nitrogen and oxygen atoms in total. The Morgan fingerprint density at radius 2 is 1.88 bits per heavy atom. The fourth-order valence-corrected chi connectivity index (χ4v) is 2.37. The van der Waals surface area contributed by atoms with E-state index in [4.69, 9.17) is 16.3 Å². The normalized spacial score (nSPS) is 17.6. The highest BCUT2D eigenvalue weighted by molar-refractivity contribution is 6.30. The lowest BCUT2D eigenvalue weighted by Crippen LogP contribution is -2.02. The summed E-state index contributed by atoms with van der Waals surface area (Å²) in [7, 11) is 0. The van der Waals surface area contributed by atoms with E-state index in [-0.39, 0.29) is 6.10 Å². The van der Waals surface area contributed by atoms with Gasteiger partial charge in [-0.05, 0) is 36.2 Å². The van der Waals surface area contributed by atoms with E-state index in [1.54, 1.807) is 0 Å². The van der Waals surface area contributed by atoms with E-state index >= 15 is 0 Å². The SMILES string of the molecule is Cc1ccc2c(c1)C[C@H](c1ccc(Cl)cc1)O2. The van der Waals surface area contributed by atoms with E-state index in [2.05, 4.69) is 25.1 Å². The first kappa shape index (κ1) is 10.7. The van der Waals surface area contributed by atoms with Crippen molar-refractivity contribution >= 4 is 11.6 Å². The number of halogens is 1. The lowest BCUT2D eigenvalue weighted by Gasteiger charge is -2.10. The molecule has 2 aromatic carbocycles. The monoisotopic (exact) mass is 244 g/mol. The van der Waals surface area contributed by atoms with Crippen molar-refractivity contribution < 1.29 is 4.74 Å². The topological polar surface area (TPSA) is 9.23 Å². The molecule has 17 heavy (non-hydrogen) atoms. The summed E-state index contributed by atoms with van der Waals surface area (Å²) in [5, 5.41) is 0.764. The number of rotatable bonds is 1. The minimum atomic E-state index is 0.129. The van der Waals surface area contributed by atoms with Crippen molar-refractivity contribution in [2.24, 2.45) is 0 Å². The van der Waals surface area contributed by atoms with Crippen LogP contribution in [-0.4, -0.2) is 0 Å². The maximum atomic E-state index is 5.94. The highest BCUT2D eigenvalue weighted by Gasteiger charge is 2.23. The first-order chi connectivity index (χ1) is 8.22. The first-order valence-electron chi connectivity index (χ1n) is 5.74. The van der Waals surface area contributed by atoms with Crippen LogP contribution in [0.2, 0.25) is 5.02 Å². The molecular weight excluding hydrogens is 232 g/mol. The standard InChI is InChI=1S/C15H13ClO/c1-10-2-7-14-12(8-10)9-15(17-14)11-3-5-13(16)6-4-11/h2-8,15H,9H2,1H3/t15-/m1/s1. The number of hydrogen-bond donors (Lipinski definition) is 0. The molecule has 86 valence electrons. The van der Waals surface area contributed by atoms with E-state index in [0.29, 0.717) is 0 Å². The predicted molar refractivity (Wildman–Crippen MR) is 69.7 cm³/mol. The zero-order valence-electron chi connectivity index (χ0n) is 9.61. The van der Waals surface area contributed by atoms with Crippen LogP contribution in [0.5, 0.6) is 5.75 Å². The van der Waals surface area contributed by atoms with Crippen molar-refractivity contribution in [3.05, 3.63) is 64.2 Å². The molecule has 0 unspecified atom stereocenters. The molecule has 1 aliphatic heterocycles. The Morgan fingerprint density at radius 3 is 2.65 bits per heavy atom. The van der Waals surface area contributed by atoms with Crippen LogP contribution >= 0.6 is 11.6 Å². The van der Waals surface area contributed by atoms with Crippen molar-refractivity contribution in [1.82, 2.24) is 0 Å². The minimum absolute atomic E-state index is 0.129. The number of ether oxygens (including phenoxy) is 1. The van der Waals surface area contributed by atoms with E-state index in [9.17, 15) is 0 Å². The number of hydrogen-bond acceptors (Lipinski definition) is 1. The Kier molecular flexibility index (Phi) is 2.56. The molecule has 0 fully saturated rings. The molecule has 0 amide bonds. The summed E-state index contributed by atoms with van der Waals surface area (Å²) >= 11 is 5.89. The Labute approximate surface area is 106 Å². The molecule has 0 saturated carbocycles. The lowest BCUT2D eigenvalue weighted by molar-refractivity contribution is 0.238. The van der Waals surface area contributed by atoms with Gasteiger partial charge in [0.2, 0.25) is 0 Å². The second kappa shape index (κ2) is 4.08. The molecule has 2 aromatic rings. The summed E-state index contributed by atoms with van der Waals surface area (Å²) < 4.78 is 5.94. The smallest absolute Gasteiger partial charge is 0.128 e. The van der Waals surface area contributed by atoms with Gasteiger partial charge in [-0.3, -0.25) is 0 Å². The average molecular weight is 245 g/mol. The third kappa shape index (κ3) is 2.03. The Bertz CT molecular complexity index is 545. The molecule has 0 aliphatic carbocycles. The fraction of sp³-hybridized carbons (Fsp3) is 0.200. The van der Waals surface area contributed by atoms with Crippen LogP contribution in [0.15, 0.2) is 42.5 Å². The molecule has 1 aliphatic rings. The van der Waals surface area contributed by atoms with E-state index in [1.807, 2.05) is 24.3 Å². The number of aryl methyl sites for hydroxylation is 1. The number of fused-ring (bicyclic) bond motifs is 1. The van der Waals surface area contributed by atoms with Crippen LogP contribution in [0.3, 0.4) is 0 Å². The predicted octanol–water partition coefficient (Wildman–Crippen LogP) is 4.32. The molecule has 0 bridgehead atoms. The highest BCUT2D eigenvalue weighted by Crippen LogP contribution is 2.37. The van der Waals surface area contributed by atoms with Gasteiger partial charge in [0.05, 0.1) is 0 Å².